The van der Waals surface area contributed by atoms with E-state index in [0.717, 1.165) is 23.4 Å². The minimum absolute atomic E-state index is 0.209. The van der Waals surface area contributed by atoms with Crippen LogP contribution in [0, 0.1) is 12.7 Å². The zero-order valence-electron chi connectivity index (χ0n) is 10.1. The van der Waals surface area contributed by atoms with Crippen molar-refractivity contribution in [3.05, 3.63) is 41.5 Å². The smallest absolute Gasteiger partial charge is 0.127 e. The molecule has 0 saturated carbocycles. The quantitative estimate of drug-likeness (QED) is 0.885. The second-order valence-corrected chi connectivity index (χ2v) is 3.99. The predicted octanol–water partition coefficient (Wildman–Crippen LogP) is 2.48. The summed E-state index contributed by atoms with van der Waals surface area (Å²) >= 11 is 0. The van der Waals surface area contributed by atoms with Crippen molar-refractivity contribution in [3.8, 4) is 11.1 Å². The Balaban J connectivity index is 2.48. The number of rotatable bonds is 3. The van der Waals surface area contributed by atoms with Gasteiger partial charge in [-0.15, -0.1) is 0 Å². The molecule has 0 unspecified atom stereocenters. The second kappa shape index (κ2) is 4.67. The van der Waals surface area contributed by atoms with Crippen molar-refractivity contribution in [2.75, 3.05) is 0 Å². The molecule has 1 aromatic carbocycles. The molecule has 2 rings (SSSR count). The third-order valence-corrected chi connectivity index (χ3v) is 2.85. The summed E-state index contributed by atoms with van der Waals surface area (Å²) < 4.78 is 15.2. The molecule has 0 saturated heterocycles. The molecule has 0 spiro atoms. The molecule has 0 bridgehead atoms. The van der Waals surface area contributed by atoms with E-state index in [1.54, 1.807) is 12.1 Å². The Bertz CT molecular complexity index is 531. The highest BCUT2D eigenvalue weighted by Crippen LogP contribution is 2.24. The number of hydrogen-bond donors (Lipinski definition) is 1. The lowest BCUT2D eigenvalue weighted by molar-refractivity contribution is 0.611. The van der Waals surface area contributed by atoms with E-state index in [2.05, 4.69) is 5.10 Å². The summed E-state index contributed by atoms with van der Waals surface area (Å²) in [6.07, 6.45) is 1.98. The molecule has 4 heteroatoms. The molecule has 1 aromatic heterocycles. The van der Waals surface area contributed by atoms with Crippen LogP contribution >= 0.6 is 0 Å². The van der Waals surface area contributed by atoms with Gasteiger partial charge >= 0.3 is 0 Å². The van der Waals surface area contributed by atoms with Crippen LogP contribution in [0.15, 0.2) is 24.4 Å². The van der Waals surface area contributed by atoms with Crippen LogP contribution in [0.25, 0.3) is 11.1 Å². The molecule has 17 heavy (non-hydrogen) atoms. The topological polar surface area (TPSA) is 43.8 Å². The van der Waals surface area contributed by atoms with E-state index in [1.807, 2.05) is 24.7 Å². The van der Waals surface area contributed by atoms with Gasteiger partial charge in [0.05, 0.1) is 5.69 Å². The van der Waals surface area contributed by atoms with Crippen LogP contribution in [0.1, 0.15) is 18.2 Å². The van der Waals surface area contributed by atoms with Gasteiger partial charge in [-0.2, -0.15) is 5.10 Å². The first-order valence-electron chi connectivity index (χ1n) is 5.68. The zero-order chi connectivity index (χ0) is 12.4. The minimum atomic E-state index is -0.253. The maximum atomic E-state index is 13.4. The summed E-state index contributed by atoms with van der Waals surface area (Å²) in [4.78, 5) is 0. The van der Waals surface area contributed by atoms with Crippen molar-refractivity contribution < 1.29 is 4.39 Å². The molecule has 1 heterocycles. The molecule has 0 atom stereocenters. The van der Waals surface area contributed by atoms with Crippen molar-refractivity contribution in [2.45, 2.75) is 26.9 Å². The van der Waals surface area contributed by atoms with Gasteiger partial charge in [0.1, 0.15) is 5.82 Å². The van der Waals surface area contributed by atoms with E-state index in [4.69, 9.17) is 5.73 Å². The van der Waals surface area contributed by atoms with E-state index in [9.17, 15) is 4.39 Å². The molecule has 0 radical (unpaired) electrons. The monoisotopic (exact) mass is 233 g/mol. The van der Waals surface area contributed by atoms with E-state index < -0.39 is 0 Å². The van der Waals surface area contributed by atoms with Crippen molar-refractivity contribution in [1.82, 2.24) is 9.78 Å². The highest BCUT2D eigenvalue weighted by molar-refractivity contribution is 5.65. The van der Waals surface area contributed by atoms with Crippen LogP contribution in [0.2, 0.25) is 0 Å². The third kappa shape index (κ3) is 2.22. The highest BCUT2D eigenvalue weighted by atomic mass is 19.1. The zero-order valence-corrected chi connectivity index (χ0v) is 10.1. The van der Waals surface area contributed by atoms with Gasteiger partial charge in [-0.05, 0) is 31.5 Å². The highest BCUT2D eigenvalue weighted by Gasteiger charge is 2.09. The molecule has 2 N–H and O–H groups in total. The molecule has 3 nitrogen and oxygen atoms in total. The third-order valence-electron chi connectivity index (χ3n) is 2.85. The number of hydrogen-bond acceptors (Lipinski definition) is 2. The van der Waals surface area contributed by atoms with Crippen LogP contribution in [0.3, 0.4) is 0 Å². The number of aromatic nitrogens is 2. The fourth-order valence-corrected chi connectivity index (χ4v) is 1.86. The van der Waals surface area contributed by atoms with Crippen LogP contribution < -0.4 is 5.73 Å². The number of halogens is 1. The summed E-state index contributed by atoms with van der Waals surface area (Å²) in [7, 11) is 0. The first-order valence-corrected chi connectivity index (χ1v) is 5.68. The Morgan fingerprint density at radius 3 is 2.76 bits per heavy atom. The lowest BCUT2D eigenvalue weighted by Gasteiger charge is -2.04. The van der Waals surface area contributed by atoms with Crippen LogP contribution in [0.4, 0.5) is 4.39 Å². The molecule has 0 aliphatic rings. The Morgan fingerprint density at radius 1 is 1.41 bits per heavy atom. The van der Waals surface area contributed by atoms with Gasteiger partial charge in [0.2, 0.25) is 0 Å². The van der Waals surface area contributed by atoms with E-state index in [1.165, 1.54) is 6.07 Å². The molecular weight excluding hydrogens is 217 g/mol. The van der Waals surface area contributed by atoms with E-state index >= 15 is 0 Å². The average Bonchev–Trinajstić information content (AvgIpc) is 2.71. The summed E-state index contributed by atoms with van der Waals surface area (Å²) in [5, 5.41) is 4.38. The molecule has 2 aromatic rings. The molecule has 90 valence electrons. The Labute approximate surface area is 100 Å². The average molecular weight is 233 g/mol. The number of nitrogens with two attached hydrogens (primary N) is 1. The van der Waals surface area contributed by atoms with Crippen LogP contribution in [0.5, 0.6) is 0 Å². The molecular formula is C13H16FN3. The largest absolute Gasteiger partial charge is 0.326 e. The van der Waals surface area contributed by atoms with Crippen molar-refractivity contribution in [1.29, 1.82) is 0 Å². The standard InChI is InChI=1S/C13H16FN3/c1-3-17-8-12(9(2)16-17)10-4-5-13(14)11(6-10)7-15/h4-6,8H,3,7,15H2,1-2H3. The Morgan fingerprint density at radius 2 is 2.18 bits per heavy atom. The minimum Gasteiger partial charge on any atom is -0.326 e. The van der Waals surface area contributed by atoms with Gasteiger partial charge in [0.25, 0.3) is 0 Å². The van der Waals surface area contributed by atoms with Crippen molar-refractivity contribution in [3.63, 3.8) is 0 Å². The van der Waals surface area contributed by atoms with Gasteiger partial charge in [0, 0.05) is 30.4 Å². The molecule has 0 aliphatic heterocycles. The number of aryl methyl sites for hydroxylation is 2. The lowest BCUT2D eigenvalue weighted by atomic mass is 10.0. The molecule has 0 fully saturated rings. The Kier molecular flexibility index (Phi) is 3.24. The predicted molar refractivity (Wildman–Crippen MR) is 65.9 cm³/mol. The molecule has 0 aliphatic carbocycles. The second-order valence-electron chi connectivity index (χ2n) is 3.99. The van der Waals surface area contributed by atoms with Gasteiger partial charge < -0.3 is 5.73 Å². The van der Waals surface area contributed by atoms with Crippen LogP contribution in [-0.4, -0.2) is 9.78 Å². The summed E-state index contributed by atoms with van der Waals surface area (Å²) in [6.45, 7) is 5.02. The van der Waals surface area contributed by atoms with Crippen molar-refractivity contribution in [2.24, 2.45) is 5.73 Å². The number of benzene rings is 1. The fourth-order valence-electron chi connectivity index (χ4n) is 1.86. The summed E-state index contributed by atoms with van der Waals surface area (Å²) in [5.41, 5.74) is 8.98. The maximum absolute atomic E-state index is 13.4. The normalized spacial score (nSPS) is 10.8. The van der Waals surface area contributed by atoms with Crippen molar-refractivity contribution >= 4 is 0 Å². The summed E-state index contributed by atoms with van der Waals surface area (Å²) in [6, 6.07) is 5.01. The first kappa shape index (κ1) is 11.8. The summed E-state index contributed by atoms with van der Waals surface area (Å²) in [5.74, 6) is -0.253. The molecule has 0 amide bonds. The fraction of sp³-hybridized carbons (Fsp3) is 0.308. The van der Waals surface area contributed by atoms with Gasteiger partial charge in [-0.1, -0.05) is 6.07 Å². The maximum Gasteiger partial charge on any atom is 0.127 e. The van der Waals surface area contributed by atoms with Gasteiger partial charge in [-0.25, -0.2) is 4.39 Å². The van der Waals surface area contributed by atoms with Gasteiger partial charge in [-0.3, -0.25) is 4.68 Å². The Hall–Kier alpha value is -1.68. The van der Waals surface area contributed by atoms with Crippen LogP contribution in [-0.2, 0) is 13.1 Å². The number of nitrogens with zero attached hydrogens (tertiary/aromatic N) is 2. The van der Waals surface area contributed by atoms with E-state index in [-0.39, 0.29) is 12.4 Å². The SMILES string of the molecule is CCn1cc(-c2ccc(F)c(CN)c2)c(C)n1. The first-order chi connectivity index (χ1) is 8.15. The van der Waals surface area contributed by atoms with E-state index in [0.29, 0.717) is 5.56 Å². The lowest BCUT2D eigenvalue weighted by Crippen LogP contribution is -1.99. The van der Waals surface area contributed by atoms with Gasteiger partial charge in [0.15, 0.2) is 0 Å².